The van der Waals surface area contributed by atoms with Gasteiger partial charge in [0, 0.05) is 19.0 Å². The second kappa shape index (κ2) is 25.2. The highest BCUT2D eigenvalue weighted by atomic mass is 16.4. The predicted octanol–water partition coefficient (Wildman–Crippen LogP) is 1.70. The van der Waals surface area contributed by atoms with Gasteiger partial charge in [-0.3, -0.25) is 0 Å². The lowest BCUT2D eigenvalue weighted by Gasteiger charge is -2.18. The summed E-state index contributed by atoms with van der Waals surface area (Å²) in [7, 11) is 1.77. The third kappa shape index (κ3) is 22.4. The number of nitrogens with one attached hydrogen (secondary N) is 1. The minimum atomic E-state index is -1.31. The molecule has 176 valence electrons. The van der Waals surface area contributed by atoms with E-state index in [1.165, 1.54) is 0 Å². The summed E-state index contributed by atoms with van der Waals surface area (Å²) in [6, 6.07) is 9.62. The van der Waals surface area contributed by atoms with E-state index in [2.05, 4.69) is 5.32 Å². The molecule has 0 heterocycles. The molecule has 1 aromatic carbocycles. The molecule has 0 amide bonds. The van der Waals surface area contributed by atoms with E-state index < -0.39 is 18.2 Å². The molecule has 0 fully saturated rings. The van der Waals surface area contributed by atoms with Gasteiger partial charge in [0.05, 0.1) is 12.7 Å². The second-order valence-electron chi connectivity index (χ2n) is 6.10. The van der Waals surface area contributed by atoms with E-state index >= 15 is 0 Å². The van der Waals surface area contributed by atoms with Crippen molar-refractivity contribution in [3.63, 3.8) is 0 Å². The zero-order chi connectivity index (χ0) is 23.8. The molecule has 0 bridgehead atoms. The first kappa shape index (κ1) is 32.8. The van der Waals surface area contributed by atoms with E-state index in [4.69, 9.17) is 21.1 Å². The molecule has 0 aliphatic rings. The minimum absolute atomic E-state index is 0.0928. The van der Waals surface area contributed by atoms with Crippen LogP contribution in [0, 0.1) is 0 Å². The summed E-state index contributed by atoms with van der Waals surface area (Å²) in [4.78, 5) is 19.6. The third-order valence-corrected chi connectivity index (χ3v) is 3.79. The molecule has 0 saturated heterocycles. The van der Waals surface area contributed by atoms with Crippen molar-refractivity contribution in [3.05, 3.63) is 35.9 Å². The smallest absolute Gasteiger partial charge is 0.332 e. The monoisotopic (exact) mass is 430 g/mol. The fraction of sp³-hybridized carbons (Fsp3) is 0.636. The fourth-order valence-electron chi connectivity index (χ4n) is 2.01. The number of hydrogen-bond donors (Lipinski definition) is 6. The summed E-state index contributed by atoms with van der Waals surface area (Å²) in [5, 5.41) is 38.4. The SMILES string of the molecule is CC.CCC=O.CNC(CCC(O)CN)CCC(O)C(=O)O.OCc1ccccc1. The van der Waals surface area contributed by atoms with Gasteiger partial charge in [-0.2, -0.15) is 0 Å². The number of aldehydes is 1. The van der Waals surface area contributed by atoms with Crippen LogP contribution in [0.3, 0.4) is 0 Å². The van der Waals surface area contributed by atoms with Crippen LogP contribution >= 0.6 is 0 Å². The van der Waals surface area contributed by atoms with Crippen molar-refractivity contribution >= 4 is 12.3 Å². The van der Waals surface area contributed by atoms with Crippen molar-refractivity contribution in [2.75, 3.05) is 13.6 Å². The maximum atomic E-state index is 10.4. The van der Waals surface area contributed by atoms with Gasteiger partial charge in [0.15, 0.2) is 6.10 Å². The van der Waals surface area contributed by atoms with Crippen molar-refractivity contribution < 1.29 is 30.0 Å². The standard InChI is InChI=1S/C10H22N2O4.C7H8O.C3H6O.C2H6/c1-12-7(2-4-8(13)6-11)3-5-9(14)10(15)16;8-6-7-4-2-1-3-5-7;1-2-3-4;1-2/h7-9,12-14H,2-6,11H2,1H3,(H,15,16);1-5,8H,6H2;3H,2H2,1H3;1-2H3. The largest absolute Gasteiger partial charge is 0.479 e. The number of aliphatic hydroxyl groups is 3. The number of carbonyl (C=O) groups excluding carboxylic acids is 1. The van der Waals surface area contributed by atoms with Gasteiger partial charge in [0.1, 0.15) is 6.29 Å². The Balaban J connectivity index is -0.000000428. The highest BCUT2D eigenvalue weighted by Crippen LogP contribution is 2.09. The van der Waals surface area contributed by atoms with Crippen molar-refractivity contribution in [1.29, 1.82) is 0 Å². The van der Waals surface area contributed by atoms with Crippen LogP contribution in [0.25, 0.3) is 0 Å². The summed E-state index contributed by atoms with van der Waals surface area (Å²) in [6.07, 6.45) is 1.74. The topological polar surface area (TPSA) is 153 Å². The first-order valence-corrected chi connectivity index (χ1v) is 10.4. The molecule has 0 radical (unpaired) electrons. The Labute approximate surface area is 181 Å². The van der Waals surface area contributed by atoms with Gasteiger partial charge in [-0.1, -0.05) is 51.1 Å². The van der Waals surface area contributed by atoms with Crippen LogP contribution in [-0.4, -0.2) is 64.5 Å². The highest BCUT2D eigenvalue weighted by molar-refractivity contribution is 5.71. The molecule has 1 aromatic rings. The Morgan fingerprint density at radius 2 is 1.60 bits per heavy atom. The molecule has 0 aromatic heterocycles. The first-order valence-electron chi connectivity index (χ1n) is 10.4. The zero-order valence-electron chi connectivity index (χ0n) is 18.8. The fourth-order valence-corrected chi connectivity index (χ4v) is 2.01. The summed E-state index contributed by atoms with van der Waals surface area (Å²) >= 11 is 0. The average molecular weight is 431 g/mol. The lowest BCUT2D eigenvalue weighted by molar-refractivity contribution is -0.147. The normalized spacial score (nSPS) is 12.4. The molecule has 30 heavy (non-hydrogen) atoms. The zero-order valence-corrected chi connectivity index (χ0v) is 18.8. The Morgan fingerprint density at radius 3 is 1.93 bits per heavy atom. The molecule has 7 N–H and O–H groups in total. The van der Waals surface area contributed by atoms with Gasteiger partial charge in [-0.15, -0.1) is 0 Å². The number of hydrogen-bond acceptors (Lipinski definition) is 7. The average Bonchev–Trinajstić information content (AvgIpc) is 2.80. The summed E-state index contributed by atoms with van der Waals surface area (Å²) in [6.45, 7) is 6.18. The number of rotatable bonds is 11. The number of aliphatic hydroxyl groups excluding tert-OH is 3. The molecule has 3 atom stereocenters. The van der Waals surface area contributed by atoms with Gasteiger partial charge >= 0.3 is 5.97 Å². The first-order chi connectivity index (χ1) is 14.4. The van der Waals surface area contributed by atoms with Gasteiger partial charge < -0.3 is 36.3 Å². The van der Waals surface area contributed by atoms with E-state index in [0.29, 0.717) is 25.7 Å². The van der Waals surface area contributed by atoms with E-state index in [1.54, 1.807) is 7.05 Å². The van der Waals surface area contributed by atoms with Gasteiger partial charge in [0.25, 0.3) is 0 Å². The second-order valence-corrected chi connectivity index (χ2v) is 6.10. The molecule has 0 aliphatic heterocycles. The Bertz CT molecular complexity index is 488. The lowest BCUT2D eigenvalue weighted by Crippen LogP contribution is -2.30. The van der Waals surface area contributed by atoms with E-state index in [9.17, 15) is 14.7 Å². The molecular weight excluding hydrogens is 388 g/mol. The third-order valence-electron chi connectivity index (χ3n) is 3.79. The van der Waals surface area contributed by atoms with Crippen molar-refractivity contribution in [2.45, 2.75) is 77.7 Å². The van der Waals surface area contributed by atoms with Crippen molar-refractivity contribution in [1.82, 2.24) is 5.32 Å². The summed E-state index contributed by atoms with van der Waals surface area (Å²) in [5.41, 5.74) is 6.24. The molecule has 8 heteroatoms. The minimum Gasteiger partial charge on any atom is -0.479 e. The summed E-state index contributed by atoms with van der Waals surface area (Å²) in [5.74, 6) is -1.20. The molecule has 0 aliphatic carbocycles. The van der Waals surface area contributed by atoms with Crippen LogP contribution in [0.2, 0.25) is 0 Å². The number of aliphatic carboxylic acids is 1. The van der Waals surface area contributed by atoms with Crippen LogP contribution < -0.4 is 11.1 Å². The lowest BCUT2D eigenvalue weighted by atomic mass is 10.0. The van der Waals surface area contributed by atoms with Gasteiger partial charge in [-0.25, -0.2) is 4.79 Å². The number of benzene rings is 1. The number of nitrogens with two attached hydrogens (primary N) is 1. The Kier molecular flexibility index (Phi) is 27.6. The van der Waals surface area contributed by atoms with Crippen LogP contribution in [0.1, 0.15) is 58.4 Å². The quantitative estimate of drug-likeness (QED) is 0.290. The molecule has 0 saturated carbocycles. The van der Waals surface area contributed by atoms with Crippen LogP contribution in [-0.2, 0) is 16.2 Å². The Hall–Kier alpha value is -1.84. The van der Waals surface area contributed by atoms with Crippen LogP contribution in [0.15, 0.2) is 30.3 Å². The molecule has 3 unspecified atom stereocenters. The molecular formula is C22H42N2O6. The molecule has 1 rings (SSSR count). The maximum absolute atomic E-state index is 10.4. The van der Waals surface area contributed by atoms with Crippen molar-refractivity contribution in [3.8, 4) is 0 Å². The predicted molar refractivity (Wildman–Crippen MR) is 120 cm³/mol. The highest BCUT2D eigenvalue weighted by Gasteiger charge is 2.16. The van der Waals surface area contributed by atoms with E-state index in [-0.39, 0.29) is 25.6 Å². The van der Waals surface area contributed by atoms with Crippen molar-refractivity contribution in [2.24, 2.45) is 5.73 Å². The van der Waals surface area contributed by atoms with Gasteiger partial charge in [-0.05, 0) is 38.3 Å². The number of carbonyl (C=O) groups is 2. The number of carboxylic acids is 1. The Morgan fingerprint density at radius 1 is 1.10 bits per heavy atom. The molecule has 0 spiro atoms. The maximum Gasteiger partial charge on any atom is 0.332 e. The van der Waals surface area contributed by atoms with E-state index in [1.807, 2.05) is 51.1 Å². The van der Waals surface area contributed by atoms with Crippen LogP contribution in [0.5, 0.6) is 0 Å². The molecule has 8 nitrogen and oxygen atoms in total. The van der Waals surface area contributed by atoms with E-state index in [0.717, 1.165) is 11.8 Å². The summed E-state index contributed by atoms with van der Waals surface area (Å²) < 4.78 is 0. The number of carboxylic acid groups (broad SMARTS) is 1. The van der Waals surface area contributed by atoms with Crippen LogP contribution in [0.4, 0.5) is 0 Å². The van der Waals surface area contributed by atoms with Gasteiger partial charge in [0.2, 0.25) is 0 Å².